The molecule has 0 spiro atoms. The van der Waals surface area contributed by atoms with Gasteiger partial charge in [0.15, 0.2) is 0 Å². The Morgan fingerprint density at radius 2 is 2.23 bits per heavy atom. The molecule has 2 amide bonds. The van der Waals surface area contributed by atoms with Crippen LogP contribution in [0.15, 0.2) is 22.9 Å². The maximum absolute atomic E-state index is 12.6. The number of amides is 2. The van der Waals surface area contributed by atoms with E-state index in [4.69, 9.17) is 0 Å². The molecule has 0 radical (unpaired) electrons. The van der Waals surface area contributed by atoms with E-state index < -0.39 is 0 Å². The molecule has 2 N–H and O–H groups in total. The Labute approximate surface area is 157 Å². The zero-order valence-electron chi connectivity index (χ0n) is 15.4. The lowest BCUT2D eigenvalue weighted by molar-refractivity contribution is -0.125. The number of thiophene rings is 1. The van der Waals surface area contributed by atoms with Crippen LogP contribution in [0, 0.1) is 6.92 Å². The van der Waals surface area contributed by atoms with E-state index in [0.29, 0.717) is 31.7 Å². The van der Waals surface area contributed by atoms with Crippen molar-refractivity contribution in [1.82, 2.24) is 25.3 Å². The van der Waals surface area contributed by atoms with Gasteiger partial charge in [-0.15, -0.1) is 0 Å². The van der Waals surface area contributed by atoms with Gasteiger partial charge in [-0.2, -0.15) is 16.4 Å². The van der Waals surface area contributed by atoms with Crippen molar-refractivity contribution in [2.75, 3.05) is 13.1 Å². The van der Waals surface area contributed by atoms with Crippen molar-refractivity contribution in [2.24, 2.45) is 7.05 Å². The number of likely N-dealkylation sites (N-methyl/N-ethyl adjacent to an activating group) is 1. The largest absolute Gasteiger partial charge is 0.355 e. The summed E-state index contributed by atoms with van der Waals surface area (Å²) in [5.74, 6) is -0.124. The number of hydrogen-bond donors (Lipinski definition) is 2. The number of aryl methyl sites for hydroxylation is 2. The third kappa shape index (κ3) is 4.13. The standard InChI is InChI=1S/C18H25N5O2S/c1-4-19-17(24)16-8-14(10-23(16)9-13-5-6-26-11-13)20-18(25)15-7-12(2)21-22(15)3/h5-7,11,14,16H,4,8-10H2,1-3H3,(H,19,24)(H,20,25)/t14-,16-/m0/s1. The van der Waals surface area contributed by atoms with Crippen molar-refractivity contribution in [3.05, 3.63) is 39.8 Å². The minimum atomic E-state index is -0.228. The van der Waals surface area contributed by atoms with Crippen LogP contribution in [0.5, 0.6) is 0 Å². The van der Waals surface area contributed by atoms with Crippen LogP contribution in [0.4, 0.5) is 0 Å². The first kappa shape index (κ1) is 18.6. The maximum Gasteiger partial charge on any atom is 0.269 e. The highest BCUT2D eigenvalue weighted by Crippen LogP contribution is 2.22. The lowest BCUT2D eigenvalue weighted by atomic mass is 10.1. The molecule has 3 heterocycles. The van der Waals surface area contributed by atoms with Gasteiger partial charge in [-0.3, -0.25) is 19.2 Å². The third-order valence-corrected chi connectivity index (χ3v) is 5.32. The Kier molecular flexibility index (Phi) is 5.73. The zero-order chi connectivity index (χ0) is 18.7. The fourth-order valence-electron chi connectivity index (χ4n) is 3.45. The van der Waals surface area contributed by atoms with Crippen molar-refractivity contribution in [2.45, 2.75) is 38.9 Å². The van der Waals surface area contributed by atoms with E-state index in [2.05, 4.69) is 32.1 Å². The van der Waals surface area contributed by atoms with E-state index >= 15 is 0 Å². The summed E-state index contributed by atoms with van der Waals surface area (Å²) in [6.07, 6.45) is 0.610. The van der Waals surface area contributed by atoms with E-state index in [1.807, 2.05) is 19.2 Å². The van der Waals surface area contributed by atoms with Crippen molar-refractivity contribution in [3.8, 4) is 0 Å². The fraction of sp³-hybridized carbons (Fsp3) is 0.500. The Hall–Kier alpha value is -2.19. The summed E-state index contributed by atoms with van der Waals surface area (Å²) in [5, 5.41) is 14.3. The van der Waals surface area contributed by atoms with Crippen molar-refractivity contribution in [1.29, 1.82) is 0 Å². The zero-order valence-corrected chi connectivity index (χ0v) is 16.2. The Balaban J connectivity index is 1.69. The minimum absolute atomic E-state index is 0.0239. The van der Waals surface area contributed by atoms with Crippen LogP contribution in [0.25, 0.3) is 0 Å². The SMILES string of the molecule is CCNC(=O)[C@@H]1C[C@H](NC(=O)c2cc(C)nn2C)CN1Cc1ccsc1. The van der Waals surface area contributed by atoms with Crippen LogP contribution in [-0.2, 0) is 18.4 Å². The minimum Gasteiger partial charge on any atom is -0.355 e. The summed E-state index contributed by atoms with van der Waals surface area (Å²) in [6, 6.07) is 3.55. The van der Waals surface area contributed by atoms with Gasteiger partial charge in [-0.05, 0) is 48.7 Å². The highest BCUT2D eigenvalue weighted by Gasteiger charge is 2.37. The predicted octanol–water partition coefficient (Wildman–Crippen LogP) is 1.30. The van der Waals surface area contributed by atoms with Crippen molar-refractivity contribution < 1.29 is 9.59 Å². The molecule has 1 fully saturated rings. The quantitative estimate of drug-likeness (QED) is 0.798. The van der Waals surface area contributed by atoms with Gasteiger partial charge < -0.3 is 10.6 Å². The summed E-state index contributed by atoms with van der Waals surface area (Å²) in [6.45, 7) is 5.75. The van der Waals surface area contributed by atoms with Crippen LogP contribution in [0.3, 0.4) is 0 Å². The molecule has 140 valence electrons. The van der Waals surface area contributed by atoms with Crippen molar-refractivity contribution >= 4 is 23.2 Å². The monoisotopic (exact) mass is 375 g/mol. The van der Waals surface area contributed by atoms with Crippen LogP contribution in [0.2, 0.25) is 0 Å². The third-order valence-electron chi connectivity index (χ3n) is 4.59. The van der Waals surface area contributed by atoms with Gasteiger partial charge in [0.25, 0.3) is 5.91 Å². The highest BCUT2D eigenvalue weighted by atomic mass is 32.1. The summed E-state index contributed by atoms with van der Waals surface area (Å²) >= 11 is 1.65. The second kappa shape index (κ2) is 8.01. The maximum atomic E-state index is 12.6. The number of carbonyl (C=O) groups excluding carboxylic acids is 2. The molecular weight excluding hydrogens is 350 g/mol. The second-order valence-electron chi connectivity index (χ2n) is 6.67. The molecule has 1 saturated heterocycles. The number of rotatable bonds is 6. The molecule has 2 aromatic rings. The number of aromatic nitrogens is 2. The molecule has 3 rings (SSSR count). The number of nitrogens with zero attached hydrogens (tertiary/aromatic N) is 3. The molecule has 0 unspecified atom stereocenters. The van der Waals surface area contributed by atoms with E-state index in [0.717, 1.165) is 5.69 Å². The number of nitrogens with one attached hydrogen (secondary N) is 2. The number of hydrogen-bond acceptors (Lipinski definition) is 5. The van der Waals surface area contributed by atoms with Gasteiger partial charge in [-0.1, -0.05) is 0 Å². The smallest absolute Gasteiger partial charge is 0.269 e. The molecule has 1 aliphatic rings. The molecule has 26 heavy (non-hydrogen) atoms. The van der Waals surface area contributed by atoms with E-state index in [9.17, 15) is 9.59 Å². The summed E-state index contributed by atoms with van der Waals surface area (Å²) < 4.78 is 1.59. The normalized spacial score (nSPS) is 20.3. The molecule has 0 bridgehead atoms. The molecule has 8 heteroatoms. The molecule has 1 aliphatic heterocycles. The second-order valence-corrected chi connectivity index (χ2v) is 7.45. The Morgan fingerprint density at radius 3 is 2.85 bits per heavy atom. The topological polar surface area (TPSA) is 79.3 Å². The molecule has 0 aliphatic carbocycles. The predicted molar refractivity (Wildman–Crippen MR) is 101 cm³/mol. The van der Waals surface area contributed by atoms with Crippen LogP contribution >= 0.6 is 11.3 Å². The molecule has 7 nitrogen and oxygen atoms in total. The van der Waals surface area contributed by atoms with Crippen LogP contribution in [-0.4, -0.2) is 51.7 Å². The molecule has 2 aromatic heterocycles. The molecule has 0 saturated carbocycles. The number of likely N-dealkylation sites (tertiary alicyclic amines) is 1. The van der Waals surface area contributed by atoms with E-state index in [1.165, 1.54) is 5.56 Å². The first-order valence-corrected chi connectivity index (χ1v) is 9.76. The van der Waals surface area contributed by atoms with Crippen LogP contribution in [0.1, 0.15) is 35.1 Å². The van der Waals surface area contributed by atoms with Gasteiger partial charge in [0, 0.05) is 32.7 Å². The Morgan fingerprint density at radius 1 is 1.42 bits per heavy atom. The van der Waals surface area contributed by atoms with Gasteiger partial charge in [-0.25, -0.2) is 0 Å². The lowest BCUT2D eigenvalue weighted by Crippen LogP contribution is -2.42. The van der Waals surface area contributed by atoms with E-state index in [1.54, 1.807) is 29.1 Å². The van der Waals surface area contributed by atoms with Gasteiger partial charge in [0.1, 0.15) is 5.69 Å². The van der Waals surface area contributed by atoms with Gasteiger partial charge in [0.05, 0.1) is 11.7 Å². The summed E-state index contributed by atoms with van der Waals surface area (Å²) in [7, 11) is 1.76. The average Bonchev–Trinajstić information content (AvgIpc) is 3.29. The molecular formula is C18H25N5O2S. The molecule has 2 atom stereocenters. The van der Waals surface area contributed by atoms with Gasteiger partial charge >= 0.3 is 0 Å². The highest BCUT2D eigenvalue weighted by molar-refractivity contribution is 7.07. The van der Waals surface area contributed by atoms with Crippen molar-refractivity contribution in [3.63, 3.8) is 0 Å². The fourth-order valence-corrected chi connectivity index (χ4v) is 4.11. The van der Waals surface area contributed by atoms with Gasteiger partial charge in [0.2, 0.25) is 5.91 Å². The summed E-state index contributed by atoms with van der Waals surface area (Å²) in [4.78, 5) is 27.2. The lowest BCUT2D eigenvalue weighted by Gasteiger charge is -2.22. The summed E-state index contributed by atoms with van der Waals surface area (Å²) in [5.41, 5.74) is 2.54. The first-order valence-electron chi connectivity index (χ1n) is 8.82. The molecule has 0 aromatic carbocycles. The number of carbonyl (C=O) groups is 2. The average molecular weight is 375 g/mol. The van der Waals surface area contributed by atoms with E-state index in [-0.39, 0.29) is 23.9 Å². The van der Waals surface area contributed by atoms with Crippen LogP contribution < -0.4 is 10.6 Å². The first-order chi connectivity index (χ1) is 12.5. The Bertz CT molecular complexity index is 771.